The molecule has 17 heavy (non-hydrogen) atoms. The Morgan fingerprint density at radius 1 is 1.24 bits per heavy atom. The van der Waals surface area contributed by atoms with Crippen molar-refractivity contribution in [1.29, 1.82) is 0 Å². The minimum absolute atomic E-state index is 0.275. The van der Waals surface area contributed by atoms with E-state index in [1.165, 1.54) is 4.90 Å². The molecule has 1 aliphatic rings. The summed E-state index contributed by atoms with van der Waals surface area (Å²) < 4.78 is 4.82. The van der Waals surface area contributed by atoms with Crippen molar-refractivity contribution in [2.75, 3.05) is 18.1 Å². The first-order chi connectivity index (χ1) is 8.25. The highest BCUT2D eigenvalue weighted by atomic mass is 16.6. The van der Waals surface area contributed by atoms with Crippen LogP contribution in [0.3, 0.4) is 0 Å². The van der Waals surface area contributed by atoms with Gasteiger partial charge in [-0.2, -0.15) is 0 Å². The summed E-state index contributed by atoms with van der Waals surface area (Å²) in [5, 5.41) is 0.891. The molecule has 1 saturated heterocycles. The van der Waals surface area contributed by atoms with Crippen molar-refractivity contribution in [3.05, 3.63) is 40.7 Å². The lowest BCUT2D eigenvalue weighted by atomic mass is 10.2. The molecule has 2 heterocycles. The minimum Gasteiger partial charge on any atom is -0.447 e. The highest BCUT2D eigenvalue weighted by molar-refractivity contribution is 5.92. The first-order valence-electron chi connectivity index (χ1n) is 5.32. The number of aromatic nitrogens is 1. The van der Waals surface area contributed by atoms with Gasteiger partial charge >= 0.3 is 6.09 Å². The van der Waals surface area contributed by atoms with Crippen molar-refractivity contribution >= 4 is 22.7 Å². The third-order valence-electron chi connectivity index (χ3n) is 2.79. The molecule has 2 aromatic rings. The van der Waals surface area contributed by atoms with Crippen molar-refractivity contribution in [2.24, 2.45) is 0 Å². The van der Waals surface area contributed by atoms with Crippen molar-refractivity contribution in [3.8, 4) is 0 Å². The second kappa shape index (κ2) is 3.62. The van der Waals surface area contributed by atoms with Crippen LogP contribution in [0.25, 0.3) is 10.9 Å². The number of hydrogen-bond donors (Lipinski definition) is 1. The monoisotopic (exact) mass is 230 g/mol. The second-order valence-electron chi connectivity index (χ2n) is 3.84. The number of fused-ring (bicyclic) bond motifs is 1. The molecule has 0 spiro atoms. The number of pyridine rings is 1. The van der Waals surface area contributed by atoms with Gasteiger partial charge in [0.1, 0.15) is 12.3 Å². The van der Waals surface area contributed by atoms with Gasteiger partial charge < -0.3 is 9.72 Å². The van der Waals surface area contributed by atoms with Crippen LogP contribution in [0.2, 0.25) is 0 Å². The maximum Gasteiger partial charge on any atom is 0.414 e. The van der Waals surface area contributed by atoms with Gasteiger partial charge in [-0.25, -0.2) is 4.79 Å². The Morgan fingerprint density at radius 2 is 2.06 bits per heavy atom. The van der Waals surface area contributed by atoms with Crippen molar-refractivity contribution in [2.45, 2.75) is 0 Å². The Bertz CT molecular complexity index is 647. The molecule has 0 atom stereocenters. The van der Waals surface area contributed by atoms with Gasteiger partial charge in [-0.15, -0.1) is 0 Å². The highest BCUT2D eigenvalue weighted by Gasteiger charge is 2.25. The van der Waals surface area contributed by atoms with Crippen LogP contribution in [0.4, 0.5) is 10.5 Å². The summed E-state index contributed by atoms with van der Waals surface area (Å²) in [6.07, 6.45) is -0.467. The third kappa shape index (κ3) is 1.56. The molecule has 0 aliphatic carbocycles. The predicted octanol–water partition coefficient (Wildman–Crippen LogP) is 1.48. The lowest BCUT2D eigenvalue weighted by molar-refractivity contribution is 0.181. The van der Waals surface area contributed by atoms with E-state index in [0.717, 1.165) is 10.9 Å². The van der Waals surface area contributed by atoms with Crippen molar-refractivity contribution in [1.82, 2.24) is 4.98 Å². The number of rotatable bonds is 1. The molecule has 1 amide bonds. The molecule has 5 nitrogen and oxygen atoms in total. The standard InChI is InChI=1S/C12H10N2O3/c15-11-10(14-5-6-17-12(14)16)7-8-3-1-2-4-9(8)13-11/h1-4,7H,5-6H2,(H,13,15). The molecular formula is C12H10N2O3. The molecule has 0 radical (unpaired) electrons. The molecule has 0 unspecified atom stereocenters. The molecule has 3 rings (SSSR count). The maximum absolute atomic E-state index is 11.9. The number of anilines is 1. The molecule has 5 heteroatoms. The zero-order chi connectivity index (χ0) is 11.8. The molecule has 1 aromatic carbocycles. The van der Waals surface area contributed by atoms with E-state index in [1.807, 2.05) is 24.3 Å². The molecule has 0 saturated carbocycles. The van der Waals surface area contributed by atoms with Crippen LogP contribution in [0.1, 0.15) is 0 Å². The van der Waals surface area contributed by atoms with E-state index >= 15 is 0 Å². The van der Waals surface area contributed by atoms with E-state index in [1.54, 1.807) is 6.07 Å². The lowest BCUT2D eigenvalue weighted by Gasteiger charge is -2.11. The third-order valence-corrected chi connectivity index (χ3v) is 2.79. The average molecular weight is 230 g/mol. The molecule has 1 fully saturated rings. The quantitative estimate of drug-likeness (QED) is 0.807. The summed E-state index contributed by atoms with van der Waals surface area (Å²) in [5.74, 6) is 0. The smallest absolute Gasteiger partial charge is 0.414 e. The fourth-order valence-electron chi connectivity index (χ4n) is 1.95. The molecule has 1 N–H and O–H groups in total. The van der Waals surface area contributed by atoms with Crippen molar-refractivity contribution in [3.63, 3.8) is 0 Å². The number of cyclic esters (lactones) is 1. The van der Waals surface area contributed by atoms with Crippen LogP contribution < -0.4 is 10.5 Å². The number of amides is 1. The molecule has 1 aliphatic heterocycles. The summed E-state index contributed by atoms with van der Waals surface area (Å²) in [7, 11) is 0. The molecule has 86 valence electrons. The summed E-state index contributed by atoms with van der Waals surface area (Å²) in [6.45, 7) is 0.741. The van der Waals surface area contributed by atoms with Gasteiger partial charge in [-0.05, 0) is 12.1 Å². The number of para-hydroxylation sites is 1. The van der Waals surface area contributed by atoms with E-state index in [4.69, 9.17) is 4.74 Å². The number of benzene rings is 1. The Morgan fingerprint density at radius 3 is 2.82 bits per heavy atom. The number of carbonyl (C=O) groups is 1. The average Bonchev–Trinajstić information content (AvgIpc) is 2.74. The Kier molecular flexibility index (Phi) is 2.11. The number of hydrogen-bond acceptors (Lipinski definition) is 3. The second-order valence-corrected chi connectivity index (χ2v) is 3.84. The number of carbonyl (C=O) groups excluding carboxylic acids is 1. The van der Waals surface area contributed by atoms with Gasteiger partial charge in [-0.3, -0.25) is 9.69 Å². The van der Waals surface area contributed by atoms with E-state index in [0.29, 0.717) is 18.8 Å². The van der Waals surface area contributed by atoms with Crippen LogP contribution in [-0.2, 0) is 4.74 Å². The van der Waals surface area contributed by atoms with E-state index < -0.39 is 6.09 Å². The molecule has 1 aromatic heterocycles. The van der Waals surface area contributed by atoms with Gasteiger partial charge in [0.15, 0.2) is 0 Å². The SMILES string of the molecule is O=C1OCCN1c1cc2ccccc2[nH]c1=O. The molecular weight excluding hydrogens is 220 g/mol. The van der Waals surface area contributed by atoms with Crippen LogP contribution in [0, 0.1) is 0 Å². The number of H-pyrrole nitrogens is 1. The predicted molar refractivity (Wildman–Crippen MR) is 63.3 cm³/mol. The van der Waals surface area contributed by atoms with Crippen molar-refractivity contribution < 1.29 is 9.53 Å². The van der Waals surface area contributed by atoms with Gasteiger partial charge in [0, 0.05) is 10.9 Å². The number of nitrogens with one attached hydrogen (secondary N) is 1. The summed E-state index contributed by atoms with van der Waals surface area (Å²) >= 11 is 0. The first-order valence-corrected chi connectivity index (χ1v) is 5.32. The van der Waals surface area contributed by atoms with Gasteiger partial charge in [-0.1, -0.05) is 18.2 Å². The summed E-state index contributed by atoms with van der Waals surface area (Å²) in [5.41, 5.74) is 0.822. The van der Waals surface area contributed by atoms with E-state index in [2.05, 4.69) is 4.98 Å². The first kappa shape index (κ1) is 9.89. The number of nitrogens with zero attached hydrogens (tertiary/aromatic N) is 1. The van der Waals surface area contributed by atoms with Crippen LogP contribution >= 0.6 is 0 Å². The van der Waals surface area contributed by atoms with Gasteiger partial charge in [0.05, 0.1) is 6.54 Å². The zero-order valence-electron chi connectivity index (χ0n) is 8.97. The summed E-state index contributed by atoms with van der Waals surface area (Å²) in [4.78, 5) is 27.4. The minimum atomic E-state index is -0.467. The van der Waals surface area contributed by atoms with Gasteiger partial charge in [0.25, 0.3) is 5.56 Å². The Balaban J connectivity index is 2.19. The van der Waals surface area contributed by atoms with Crippen LogP contribution in [0.15, 0.2) is 35.1 Å². The maximum atomic E-state index is 11.9. The molecule has 0 bridgehead atoms. The zero-order valence-corrected chi connectivity index (χ0v) is 8.97. The highest BCUT2D eigenvalue weighted by Crippen LogP contribution is 2.18. The fraction of sp³-hybridized carbons (Fsp3) is 0.167. The number of ether oxygens (including phenoxy) is 1. The van der Waals surface area contributed by atoms with Gasteiger partial charge in [0.2, 0.25) is 0 Å². The summed E-state index contributed by atoms with van der Waals surface area (Å²) in [6, 6.07) is 9.15. The lowest BCUT2D eigenvalue weighted by Crippen LogP contribution is -2.29. The van der Waals surface area contributed by atoms with E-state index in [-0.39, 0.29) is 5.56 Å². The largest absolute Gasteiger partial charge is 0.447 e. The Hall–Kier alpha value is -2.30. The normalized spacial score (nSPS) is 15.3. The number of aromatic amines is 1. The van der Waals surface area contributed by atoms with E-state index in [9.17, 15) is 9.59 Å². The fourth-order valence-corrected chi connectivity index (χ4v) is 1.95. The Labute approximate surface area is 96.6 Å². The van der Waals surface area contributed by atoms with Crippen LogP contribution in [-0.4, -0.2) is 24.2 Å². The van der Waals surface area contributed by atoms with Crippen LogP contribution in [0.5, 0.6) is 0 Å². The topological polar surface area (TPSA) is 62.4 Å².